The molecule has 0 saturated carbocycles. The van der Waals surface area contributed by atoms with Gasteiger partial charge in [-0.3, -0.25) is 9.59 Å². The third kappa shape index (κ3) is 4.32. The van der Waals surface area contributed by atoms with Crippen molar-refractivity contribution in [3.8, 4) is 5.75 Å². The Bertz CT molecular complexity index is 865. The van der Waals surface area contributed by atoms with Crippen molar-refractivity contribution in [3.63, 3.8) is 0 Å². The van der Waals surface area contributed by atoms with Crippen LogP contribution in [0.15, 0.2) is 48.0 Å². The summed E-state index contributed by atoms with van der Waals surface area (Å²) in [6.07, 6.45) is 1.75. The summed E-state index contributed by atoms with van der Waals surface area (Å²) in [6, 6.07) is 12.2. The van der Waals surface area contributed by atoms with Crippen LogP contribution in [0.4, 0.5) is 5.69 Å². The molecular weight excluding hydrogens is 363 g/mol. The number of carbonyl (C=O) groups is 2. The normalized spacial score (nSPS) is 12.5. The first kappa shape index (κ1) is 17.3. The predicted molar refractivity (Wildman–Crippen MR) is 98.0 cm³/mol. The van der Waals surface area contributed by atoms with Crippen LogP contribution >= 0.6 is 23.2 Å². The smallest absolute Gasteiger partial charge is 0.251 e. The van der Waals surface area contributed by atoms with Crippen molar-refractivity contribution in [2.75, 3.05) is 18.5 Å². The molecule has 0 bridgehead atoms. The third-order valence-electron chi connectivity index (χ3n) is 3.54. The Morgan fingerprint density at radius 1 is 1.12 bits per heavy atom. The molecule has 7 heteroatoms. The van der Waals surface area contributed by atoms with Crippen molar-refractivity contribution in [1.29, 1.82) is 0 Å². The number of hydrogen-bond acceptors (Lipinski definition) is 3. The van der Waals surface area contributed by atoms with Crippen molar-refractivity contribution in [3.05, 3.63) is 63.6 Å². The van der Waals surface area contributed by atoms with E-state index >= 15 is 0 Å². The number of amides is 2. The molecule has 0 aromatic heterocycles. The summed E-state index contributed by atoms with van der Waals surface area (Å²) >= 11 is 11.9. The first-order valence-electron chi connectivity index (χ1n) is 7.48. The molecule has 0 saturated heterocycles. The Morgan fingerprint density at radius 2 is 1.92 bits per heavy atom. The number of para-hydroxylation sites is 1. The fraction of sp³-hybridized carbons (Fsp3) is 0.111. The average molecular weight is 377 g/mol. The van der Waals surface area contributed by atoms with E-state index in [-0.39, 0.29) is 19.1 Å². The van der Waals surface area contributed by atoms with Gasteiger partial charge < -0.3 is 15.4 Å². The van der Waals surface area contributed by atoms with Gasteiger partial charge in [0.05, 0.1) is 22.8 Å². The van der Waals surface area contributed by atoms with Crippen LogP contribution in [0.5, 0.6) is 5.75 Å². The zero-order valence-electron chi connectivity index (χ0n) is 13.0. The summed E-state index contributed by atoms with van der Waals surface area (Å²) in [4.78, 5) is 24.2. The third-order valence-corrected chi connectivity index (χ3v) is 4.10. The van der Waals surface area contributed by atoms with Gasteiger partial charge in [-0.15, -0.1) is 0 Å². The number of nitrogens with one attached hydrogen (secondary N) is 2. The second-order valence-electron chi connectivity index (χ2n) is 5.35. The Balaban J connectivity index is 1.58. The number of halogens is 2. The average Bonchev–Trinajstić information content (AvgIpc) is 2.62. The molecule has 0 atom stereocenters. The van der Waals surface area contributed by atoms with Gasteiger partial charge in [0, 0.05) is 10.6 Å². The molecule has 2 aromatic carbocycles. The number of rotatable bonds is 4. The van der Waals surface area contributed by atoms with Crippen molar-refractivity contribution in [2.45, 2.75) is 0 Å². The van der Waals surface area contributed by atoms with Crippen molar-refractivity contribution in [1.82, 2.24) is 5.32 Å². The van der Waals surface area contributed by atoms with Crippen LogP contribution in [0, 0.1) is 0 Å². The molecule has 5 nitrogen and oxygen atoms in total. The van der Waals surface area contributed by atoms with Gasteiger partial charge in [0.1, 0.15) is 12.4 Å². The zero-order valence-corrected chi connectivity index (χ0v) is 14.5. The van der Waals surface area contributed by atoms with E-state index in [0.29, 0.717) is 21.3 Å². The molecule has 1 aliphatic rings. The number of ether oxygens (including phenoxy) is 1. The maximum atomic E-state index is 12.2. The van der Waals surface area contributed by atoms with Crippen LogP contribution in [-0.4, -0.2) is 25.0 Å². The molecule has 25 heavy (non-hydrogen) atoms. The summed E-state index contributed by atoms with van der Waals surface area (Å²) < 4.78 is 5.53. The second-order valence-corrected chi connectivity index (χ2v) is 6.19. The minimum Gasteiger partial charge on any atom is -0.488 e. The monoisotopic (exact) mass is 376 g/mol. The minimum absolute atomic E-state index is 0.157. The van der Waals surface area contributed by atoms with Crippen molar-refractivity contribution >= 4 is 46.8 Å². The lowest BCUT2D eigenvalue weighted by Gasteiger charge is -2.17. The maximum absolute atomic E-state index is 12.2. The van der Waals surface area contributed by atoms with Crippen LogP contribution in [0.3, 0.4) is 0 Å². The Morgan fingerprint density at radius 3 is 2.76 bits per heavy atom. The zero-order chi connectivity index (χ0) is 17.8. The molecule has 128 valence electrons. The maximum Gasteiger partial charge on any atom is 0.251 e. The number of fused-ring (bicyclic) bond motifs is 1. The first-order chi connectivity index (χ1) is 12.0. The lowest BCUT2D eigenvalue weighted by atomic mass is 10.1. The van der Waals surface area contributed by atoms with E-state index in [2.05, 4.69) is 10.6 Å². The lowest BCUT2D eigenvalue weighted by Crippen LogP contribution is -2.35. The van der Waals surface area contributed by atoms with Gasteiger partial charge >= 0.3 is 0 Å². The molecular formula is C18H14Cl2N2O3. The highest BCUT2D eigenvalue weighted by molar-refractivity contribution is 6.35. The molecule has 2 amide bonds. The molecule has 0 fully saturated rings. The molecule has 3 rings (SSSR count). The summed E-state index contributed by atoms with van der Waals surface area (Å²) in [6.45, 7) is -0.0365. The van der Waals surface area contributed by atoms with Crippen molar-refractivity contribution in [2.24, 2.45) is 0 Å². The van der Waals surface area contributed by atoms with E-state index in [1.165, 1.54) is 6.07 Å². The first-order valence-corrected chi connectivity index (χ1v) is 8.24. The van der Waals surface area contributed by atoms with Gasteiger partial charge in [0.25, 0.3) is 5.91 Å². The predicted octanol–water partition coefficient (Wildman–Crippen LogP) is 3.52. The molecule has 0 spiro atoms. The van der Waals surface area contributed by atoms with Gasteiger partial charge in [-0.25, -0.2) is 0 Å². The molecule has 0 radical (unpaired) electrons. The highest BCUT2D eigenvalue weighted by atomic mass is 35.5. The Hall–Kier alpha value is -2.50. The number of hydrogen-bond donors (Lipinski definition) is 2. The number of carbonyl (C=O) groups excluding carboxylic acids is 2. The Kier molecular flexibility index (Phi) is 5.26. The van der Waals surface area contributed by atoms with Gasteiger partial charge in [-0.2, -0.15) is 0 Å². The summed E-state index contributed by atoms with van der Waals surface area (Å²) in [5.74, 6) is -0.0375. The van der Waals surface area contributed by atoms with E-state index in [0.717, 1.165) is 11.3 Å². The van der Waals surface area contributed by atoms with Crippen molar-refractivity contribution < 1.29 is 14.3 Å². The number of benzene rings is 2. The van der Waals surface area contributed by atoms with E-state index in [1.54, 1.807) is 18.2 Å². The van der Waals surface area contributed by atoms with Crippen LogP contribution < -0.4 is 15.4 Å². The summed E-state index contributed by atoms with van der Waals surface area (Å²) in [7, 11) is 0. The van der Waals surface area contributed by atoms with Crippen LogP contribution in [0.2, 0.25) is 10.0 Å². The van der Waals surface area contributed by atoms with Crippen LogP contribution in [0.25, 0.3) is 6.08 Å². The van der Waals surface area contributed by atoms with Gasteiger partial charge in [0.15, 0.2) is 0 Å². The van der Waals surface area contributed by atoms with E-state index < -0.39 is 5.91 Å². The highest BCUT2D eigenvalue weighted by Crippen LogP contribution is 2.26. The molecule has 2 N–H and O–H groups in total. The highest BCUT2D eigenvalue weighted by Gasteiger charge is 2.17. The molecule has 0 aliphatic carbocycles. The Labute approximate surface area is 154 Å². The van der Waals surface area contributed by atoms with E-state index in [1.807, 2.05) is 24.3 Å². The summed E-state index contributed by atoms with van der Waals surface area (Å²) in [5, 5.41) is 5.98. The molecule has 2 aromatic rings. The standard InChI is InChI=1S/C18H14Cl2N2O3/c19-13-5-6-14(20)15(8-13)22-17(23)9-21-18(24)12-7-11-3-1-2-4-16(11)25-10-12/h1-8H,9-10H2,(H,21,24)(H,22,23). The van der Waals surface area contributed by atoms with Gasteiger partial charge in [-0.05, 0) is 30.3 Å². The van der Waals surface area contributed by atoms with Gasteiger partial charge in [-0.1, -0.05) is 41.4 Å². The fourth-order valence-corrected chi connectivity index (χ4v) is 2.65. The number of anilines is 1. The molecule has 0 unspecified atom stereocenters. The minimum atomic E-state index is -0.407. The largest absolute Gasteiger partial charge is 0.488 e. The van der Waals surface area contributed by atoms with Crippen LogP contribution in [0.1, 0.15) is 5.56 Å². The lowest BCUT2D eigenvalue weighted by molar-refractivity contribution is -0.121. The van der Waals surface area contributed by atoms with Crippen LogP contribution in [-0.2, 0) is 9.59 Å². The second kappa shape index (κ2) is 7.59. The van der Waals surface area contributed by atoms with E-state index in [4.69, 9.17) is 27.9 Å². The fourth-order valence-electron chi connectivity index (χ4n) is 2.31. The van der Waals surface area contributed by atoms with E-state index in [9.17, 15) is 9.59 Å². The topological polar surface area (TPSA) is 67.4 Å². The SMILES string of the molecule is O=C(CNC(=O)C1=Cc2ccccc2OC1)Nc1cc(Cl)ccc1Cl. The van der Waals surface area contributed by atoms with Gasteiger partial charge in [0.2, 0.25) is 5.91 Å². The quantitative estimate of drug-likeness (QED) is 0.857. The molecule has 1 aliphatic heterocycles. The summed E-state index contributed by atoms with van der Waals surface area (Å²) in [5.41, 5.74) is 1.67. The molecule has 1 heterocycles.